The third kappa shape index (κ3) is 5.91. The van der Waals surface area contributed by atoms with Crippen LogP contribution in [0.2, 0.25) is 0 Å². The first-order valence-corrected chi connectivity index (χ1v) is 6.75. The number of benzene rings is 1. The molecular formula is C15H21FN2O3. The van der Waals surface area contributed by atoms with Crippen LogP contribution in [-0.2, 0) is 9.59 Å². The highest BCUT2D eigenvalue weighted by atomic mass is 19.1. The van der Waals surface area contributed by atoms with Gasteiger partial charge in [0.1, 0.15) is 5.82 Å². The maximum Gasteiger partial charge on any atom is 0.307 e. The van der Waals surface area contributed by atoms with E-state index in [-0.39, 0.29) is 24.3 Å². The summed E-state index contributed by atoms with van der Waals surface area (Å²) in [5.41, 5.74) is 0.811. The van der Waals surface area contributed by atoms with Gasteiger partial charge in [-0.05, 0) is 31.7 Å². The average Bonchev–Trinajstić information content (AvgIpc) is 2.38. The van der Waals surface area contributed by atoms with Crippen LogP contribution < -0.4 is 5.32 Å². The number of carboxylic acid groups (broad SMARTS) is 1. The molecule has 1 aromatic rings. The Morgan fingerprint density at radius 2 is 1.86 bits per heavy atom. The Balaban J connectivity index is 2.45. The summed E-state index contributed by atoms with van der Waals surface area (Å²) in [6, 6.07) is 5.70. The van der Waals surface area contributed by atoms with Crippen molar-refractivity contribution >= 4 is 11.9 Å². The Kier molecular flexibility index (Phi) is 6.30. The van der Waals surface area contributed by atoms with Crippen LogP contribution in [0.3, 0.4) is 0 Å². The normalized spacial score (nSPS) is 13.8. The van der Waals surface area contributed by atoms with E-state index in [4.69, 9.17) is 5.11 Å². The number of hydrogen-bond donors (Lipinski definition) is 2. The Labute approximate surface area is 123 Å². The average molecular weight is 296 g/mol. The number of carbonyl (C=O) groups is 2. The molecule has 6 heteroatoms. The number of carboxylic acids is 1. The second-order valence-electron chi connectivity index (χ2n) is 5.28. The van der Waals surface area contributed by atoms with E-state index in [1.165, 1.54) is 12.1 Å². The van der Waals surface area contributed by atoms with Crippen molar-refractivity contribution in [3.05, 3.63) is 35.6 Å². The van der Waals surface area contributed by atoms with Crippen molar-refractivity contribution in [1.82, 2.24) is 10.2 Å². The Morgan fingerprint density at radius 3 is 2.38 bits per heavy atom. The molecule has 1 amide bonds. The topological polar surface area (TPSA) is 69.6 Å². The van der Waals surface area contributed by atoms with Gasteiger partial charge in [-0.2, -0.15) is 0 Å². The van der Waals surface area contributed by atoms with Gasteiger partial charge in [0, 0.05) is 6.54 Å². The molecule has 0 radical (unpaired) electrons. The summed E-state index contributed by atoms with van der Waals surface area (Å²) < 4.78 is 12.8. The maximum atomic E-state index is 12.8. The van der Waals surface area contributed by atoms with Crippen LogP contribution in [0.25, 0.3) is 0 Å². The number of likely N-dealkylation sites (N-methyl/N-ethyl adjacent to an activating group) is 1. The summed E-state index contributed by atoms with van der Waals surface area (Å²) in [7, 11) is 1.70. The molecule has 5 nitrogen and oxygen atoms in total. The van der Waals surface area contributed by atoms with Gasteiger partial charge in [-0.1, -0.05) is 19.1 Å². The molecule has 0 aliphatic rings. The van der Waals surface area contributed by atoms with Gasteiger partial charge in [-0.25, -0.2) is 4.39 Å². The summed E-state index contributed by atoms with van der Waals surface area (Å²) in [6.45, 7) is 3.82. The number of amides is 1. The fraction of sp³-hybridized carbons (Fsp3) is 0.467. The quantitative estimate of drug-likeness (QED) is 0.803. The summed E-state index contributed by atoms with van der Waals surface area (Å²) in [5.74, 6) is -1.94. The van der Waals surface area contributed by atoms with E-state index in [0.717, 1.165) is 5.56 Å². The summed E-state index contributed by atoms with van der Waals surface area (Å²) in [4.78, 5) is 24.3. The lowest BCUT2D eigenvalue weighted by Crippen LogP contribution is -2.39. The fourth-order valence-electron chi connectivity index (χ4n) is 1.98. The first-order valence-electron chi connectivity index (χ1n) is 6.75. The predicted octanol–water partition coefficient (Wildman–Crippen LogP) is 1.66. The summed E-state index contributed by atoms with van der Waals surface area (Å²) >= 11 is 0. The number of aliphatic carboxylic acids is 1. The van der Waals surface area contributed by atoms with Crippen LogP contribution >= 0.6 is 0 Å². The minimum Gasteiger partial charge on any atom is -0.481 e. The molecule has 21 heavy (non-hydrogen) atoms. The molecule has 2 N–H and O–H groups in total. The van der Waals surface area contributed by atoms with Crippen LogP contribution in [0, 0.1) is 11.7 Å². The largest absolute Gasteiger partial charge is 0.481 e. The van der Waals surface area contributed by atoms with E-state index in [0.29, 0.717) is 6.54 Å². The highest BCUT2D eigenvalue weighted by Crippen LogP contribution is 2.12. The van der Waals surface area contributed by atoms with E-state index in [9.17, 15) is 14.0 Å². The molecule has 2 atom stereocenters. The minimum atomic E-state index is -0.887. The molecule has 0 aliphatic heterocycles. The van der Waals surface area contributed by atoms with Gasteiger partial charge in [0.25, 0.3) is 0 Å². The van der Waals surface area contributed by atoms with Crippen molar-refractivity contribution in [3.63, 3.8) is 0 Å². The SMILES string of the molecule is CC(CN(C)CC(=O)NC(C)c1ccc(F)cc1)C(=O)O. The van der Waals surface area contributed by atoms with E-state index >= 15 is 0 Å². The number of carbonyl (C=O) groups excluding carboxylic acids is 1. The number of halogens is 1. The second-order valence-corrected chi connectivity index (χ2v) is 5.28. The van der Waals surface area contributed by atoms with Crippen molar-refractivity contribution < 1.29 is 19.1 Å². The number of hydrogen-bond acceptors (Lipinski definition) is 3. The lowest BCUT2D eigenvalue weighted by molar-refractivity contribution is -0.142. The van der Waals surface area contributed by atoms with Crippen molar-refractivity contribution in [2.45, 2.75) is 19.9 Å². The van der Waals surface area contributed by atoms with Crippen molar-refractivity contribution in [3.8, 4) is 0 Å². The van der Waals surface area contributed by atoms with Crippen molar-refractivity contribution in [2.75, 3.05) is 20.1 Å². The summed E-state index contributed by atoms with van der Waals surface area (Å²) in [5, 5.41) is 11.6. The van der Waals surface area contributed by atoms with Crippen LogP contribution in [0.5, 0.6) is 0 Å². The van der Waals surface area contributed by atoms with Gasteiger partial charge in [-0.3, -0.25) is 14.5 Å². The Bertz CT molecular complexity index is 490. The maximum absolute atomic E-state index is 12.8. The molecule has 0 bridgehead atoms. The standard InChI is InChI=1S/C15H21FN2O3/c1-10(15(20)21)8-18(3)9-14(19)17-11(2)12-4-6-13(16)7-5-12/h4-7,10-11H,8-9H2,1-3H3,(H,17,19)(H,20,21). The highest BCUT2D eigenvalue weighted by Gasteiger charge is 2.16. The molecular weight excluding hydrogens is 275 g/mol. The lowest BCUT2D eigenvalue weighted by atomic mass is 10.1. The smallest absolute Gasteiger partial charge is 0.307 e. The zero-order valence-electron chi connectivity index (χ0n) is 12.5. The molecule has 0 saturated carbocycles. The van der Waals surface area contributed by atoms with Crippen LogP contribution in [0.15, 0.2) is 24.3 Å². The lowest BCUT2D eigenvalue weighted by Gasteiger charge is -2.20. The van der Waals surface area contributed by atoms with Crippen LogP contribution in [0.4, 0.5) is 4.39 Å². The van der Waals surface area contributed by atoms with Gasteiger partial charge < -0.3 is 10.4 Å². The van der Waals surface area contributed by atoms with Crippen LogP contribution in [-0.4, -0.2) is 42.0 Å². The molecule has 1 rings (SSSR count). The zero-order valence-corrected chi connectivity index (χ0v) is 12.5. The van der Waals surface area contributed by atoms with E-state index in [1.54, 1.807) is 31.0 Å². The van der Waals surface area contributed by atoms with Crippen molar-refractivity contribution in [1.29, 1.82) is 0 Å². The van der Waals surface area contributed by atoms with Gasteiger partial charge >= 0.3 is 5.97 Å². The third-order valence-electron chi connectivity index (χ3n) is 3.17. The second kappa shape index (κ2) is 7.73. The number of nitrogens with zero attached hydrogens (tertiary/aromatic N) is 1. The van der Waals surface area contributed by atoms with Gasteiger partial charge in [0.2, 0.25) is 5.91 Å². The Hall–Kier alpha value is -1.95. The first-order chi connectivity index (χ1) is 9.79. The van der Waals surface area contributed by atoms with E-state index in [2.05, 4.69) is 5.32 Å². The Morgan fingerprint density at radius 1 is 1.29 bits per heavy atom. The number of rotatable bonds is 7. The first kappa shape index (κ1) is 17.1. The monoisotopic (exact) mass is 296 g/mol. The van der Waals surface area contributed by atoms with E-state index in [1.807, 2.05) is 6.92 Å². The number of nitrogens with one attached hydrogen (secondary N) is 1. The molecule has 0 spiro atoms. The molecule has 0 aliphatic carbocycles. The third-order valence-corrected chi connectivity index (χ3v) is 3.17. The highest BCUT2D eigenvalue weighted by molar-refractivity contribution is 5.78. The molecule has 0 fully saturated rings. The minimum absolute atomic E-state index is 0.114. The molecule has 1 aromatic carbocycles. The molecule has 0 aromatic heterocycles. The molecule has 2 unspecified atom stereocenters. The summed E-state index contributed by atoms with van der Waals surface area (Å²) in [6.07, 6.45) is 0. The van der Waals surface area contributed by atoms with Gasteiger partial charge in [0.05, 0.1) is 18.5 Å². The molecule has 116 valence electrons. The molecule has 0 saturated heterocycles. The fourth-order valence-corrected chi connectivity index (χ4v) is 1.98. The van der Waals surface area contributed by atoms with Crippen LogP contribution in [0.1, 0.15) is 25.5 Å². The predicted molar refractivity (Wildman–Crippen MR) is 77.3 cm³/mol. The van der Waals surface area contributed by atoms with Crippen molar-refractivity contribution in [2.24, 2.45) is 5.92 Å². The van der Waals surface area contributed by atoms with Gasteiger partial charge in [0.15, 0.2) is 0 Å². The van der Waals surface area contributed by atoms with Gasteiger partial charge in [-0.15, -0.1) is 0 Å². The zero-order chi connectivity index (χ0) is 16.0. The van der Waals surface area contributed by atoms with E-state index < -0.39 is 11.9 Å². The molecule has 0 heterocycles.